The van der Waals surface area contributed by atoms with Crippen LogP contribution >= 0.6 is 11.6 Å². The van der Waals surface area contributed by atoms with Crippen molar-refractivity contribution in [3.63, 3.8) is 0 Å². The molecule has 1 fully saturated rings. The molecule has 2 rings (SSSR count). The molecule has 0 saturated carbocycles. The highest BCUT2D eigenvalue weighted by molar-refractivity contribution is 6.33. The first-order valence-electron chi connectivity index (χ1n) is 7.09. The predicted molar refractivity (Wildman–Crippen MR) is 81.3 cm³/mol. The Kier molecular flexibility index (Phi) is 5.68. The molecule has 0 radical (unpaired) electrons. The molecule has 0 aromatic heterocycles. The van der Waals surface area contributed by atoms with Crippen LogP contribution in [0.2, 0.25) is 5.02 Å². The van der Waals surface area contributed by atoms with E-state index in [0.29, 0.717) is 16.6 Å². The van der Waals surface area contributed by atoms with Crippen LogP contribution in [0.5, 0.6) is 0 Å². The van der Waals surface area contributed by atoms with Crippen LogP contribution in [-0.4, -0.2) is 37.2 Å². The van der Waals surface area contributed by atoms with Gasteiger partial charge >= 0.3 is 6.03 Å². The van der Waals surface area contributed by atoms with Gasteiger partial charge in [0.1, 0.15) is 0 Å². The minimum atomic E-state index is -0.0909. The van der Waals surface area contributed by atoms with Crippen molar-refractivity contribution in [3.05, 3.63) is 29.3 Å². The number of rotatable bonds is 5. The quantitative estimate of drug-likeness (QED) is 0.901. The molecule has 110 valence electrons. The number of halogens is 1. The summed E-state index contributed by atoms with van der Waals surface area (Å²) in [6.07, 6.45) is 1.96. The normalized spacial score (nSPS) is 18.0. The predicted octanol–water partition coefficient (Wildman–Crippen LogP) is 3.62. The SMILES string of the molecule is CCCN(CC1CCOC1)C(=O)Nc1ccccc1Cl. The number of amides is 2. The Morgan fingerprint density at radius 2 is 2.30 bits per heavy atom. The van der Waals surface area contributed by atoms with Gasteiger partial charge < -0.3 is 15.0 Å². The van der Waals surface area contributed by atoms with Gasteiger partial charge in [-0.05, 0) is 25.0 Å². The maximum Gasteiger partial charge on any atom is 0.321 e. The van der Waals surface area contributed by atoms with Gasteiger partial charge in [-0.3, -0.25) is 0 Å². The summed E-state index contributed by atoms with van der Waals surface area (Å²) in [7, 11) is 0. The van der Waals surface area contributed by atoms with E-state index in [0.717, 1.165) is 39.1 Å². The van der Waals surface area contributed by atoms with Crippen LogP contribution in [0.25, 0.3) is 0 Å². The summed E-state index contributed by atoms with van der Waals surface area (Å²) in [5, 5.41) is 3.44. The molecular formula is C15H21ClN2O2. The lowest BCUT2D eigenvalue weighted by Gasteiger charge is -2.25. The minimum absolute atomic E-state index is 0.0909. The molecule has 1 aromatic rings. The topological polar surface area (TPSA) is 41.6 Å². The highest BCUT2D eigenvalue weighted by Gasteiger charge is 2.22. The Hall–Kier alpha value is -1.26. The van der Waals surface area contributed by atoms with Crippen LogP contribution in [0.15, 0.2) is 24.3 Å². The van der Waals surface area contributed by atoms with E-state index in [9.17, 15) is 4.79 Å². The zero-order chi connectivity index (χ0) is 14.4. The van der Waals surface area contributed by atoms with E-state index in [1.54, 1.807) is 6.07 Å². The van der Waals surface area contributed by atoms with Gasteiger partial charge in [-0.25, -0.2) is 4.79 Å². The van der Waals surface area contributed by atoms with Gasteiger partial charge in [0.25, 0.3) is 0 Å². The number of hydrogen-bond acceptors (Lipinski definition) is 2. The second-order valence-corrected chi connectivity index (χ2v) is 5.49. The second kappa shape index (κ2) is 7.50. The first-order chi connectivity index (χ1) is 9.70. The number of benzene rings is 1. The van der Waals surface area contributed by atoms with E-state index in [-0.39, 0.29) is 6.03 Å². The fourth-order valence-electron chi connectivity index (χ4n) is 2.34. The van der Waals surface area contributed by atoms with E-state index in [4.69, 9.17) is 16.3 Å². The van der Waals surface area contributed by atoms with E-state index in [2.05, 4.69) is 12.2 Å². The highest BCUT2D eigenvalue weighted by atomic mass is 35.5. The molecule has 1 aliphatic rings. The van der Waals surface area contributed by atoms with E-state index >= 15 is 0 Å². The number of nitrogens with one attached hydrogen (secondary N) is 1. The number of anilines is 1. The van der Waals surface area contributed by atoms with Crippen LogP contribution < -0.4 is 5.32 Å². The van der Waals surface area contributed by atoms with Gasteiger partial charge in [-0.2, -0.15) is 0 Å². The van der Waals surface area contributed by atoms with Crippen molar-refractivity contribution in [2.24, 2.45) is 5.92 Å². The second-order valence-electron chi connectivity index (χ2n) is 5.09. The van der Waals surface area contributed by atoms with Crippen molar-refractivity contribution in [2.45, 2.75) is 19.8 Å². The number of hydrogen-bond donors (Lipinski definition) is 1. The summed E-state index contributed by atoms with van der Waals surface area (Å²) in [5.41, 5.74) is 0.656. The van der Waals surface area contributed by atoms with E-state index < -0.39 is 0 Å². The lowest BCUT2D eigenvalue weighted by atomic mass is 10.1. The zero-order valence-corrected chi connectivity index (χ0v) is 12.5. The fraction of sp³-hybridized carbons (Fsp3) is 0.533. The van der Waals surface area contributed by atoms with Crippen molar-refractivity contribution in [3.8, 4) is 0 Å². The maximum absolute atomic E-state index is 12.4. The van der Waals surface area contributed by atoms with E-state index in [1.165, 1.54) is 0 Å². The van der Waals surface area contributed by atoms with Gasteiger partial charge in [-0.1, -0.05) is 30.7 Å². The fourth-order valence-corrected chi connectivity index (χ4v) is 2.52. The average molecular weight is 297 g/mol. The monoisotopic (exact) mass is 296 g/mol. The summed E-state index contributed by atoms with van der Waals surface area (Å²) < 4.78 is 5.37. The van der Waals surface area contributed by atoms with Crippen LogP contribution in [0.1, 0.15) is 19.8 Å². The molecule has 1 N–H and O–H groups in total. The highest BCUT2D eigenvalue weighted by Crippen LogP contribution is 2.21. The largest absolute Gasteiger partial charge is 0.381 e. The molecule has 0 bridgehead atoms. The van der Waals surface area contributed by atoms with Crippen molar-refractivity contribution in [1.82, 2.24) is 4.90 Å². The summed E-state index contributed by atoms with van der Waals surface area (Å²) >= 11 is 6.07. The van der Waals surface area contributed by atoms with Crippen LogP contribution in [0.3, 0.4) is 0 Å². The molecule has 1 aromatic carbocycles. The number of carbonyl (C=O) groups is 1. The molecule has 1 aliphatic heterocycles. The molecule has 1 saturated heterocycles. The Labute approximate surface area is 125 Å². The third-order valence-corrected chi connectivity index (χ3v) is 3.73. The van der Waals surface area contributed by atoms with Crippen molar-refractivity contribution < 1.29 is 9.53 Å². The van der Waals surface area contributed by atoms with Gasteiger partial charge in [0.05, 0.1) is 17.3 Å². The molecular weight excluding hydrogens is 276 g/mol. The lowest BCUT2D eigenvalue weighted by molar-refractivity contribution is 0.169. The Morgan fingerprint density at radius 1 is 1.50 bits per heavy atom. The third kappa shape index (κ3) is 4.12. The summed E-state index contributed by atoms with van der Waals surface area (Å²) in [6.45, 7) is 5.11. The molecule has 0 spiro atoms. The van der Waals surface area contributed by atoms with Crippen LogP contribution in [-0.2, 0) is 4.74 Å². The maximum atomic E-state index is 12.4. The molecule has 0 aliphatic carbocycles. The van der Waals surface area contributed by atoms with Crippen molar-refractivity contribution >= 4 is 23.3 Å². The number of urea groups is 1. The first-order valence-corrected chi connectivity index (χ1v) is 7.46. The Bertz CT molecular complexity index is 447. The third-order valence-electron chi connectivity index (χ3n) is 3.40. The van der Waals surface area contributed by atoms with Gasteiger partial charge in [0.15, 0.2) is 0 Å². The number of ether oxygens (including phenoxy) is 1. The average Bonchev–Trinajstić information content (AvgIpc) is 2.94. The summed E-state index contributed by atoms with van der Waals surface area (Å²) in [5.74, 6) is 0.443. The first kappa shape index (κ1) is 15.1. The molecule has 1 heterocycles. The van der Waals surface area contributed by atoms with Crippen molar-refractivity contribution in [1.29, 1.82) is 0 Å². The zero-order valence-electron chi connectivity index (χ0n) is 11.8. The van der Waals surface area contributed by atoms with Gasteiger partial charge in [-0.15, -0.1) is 0 Å². The lowest BCUT2D eigenvalue weighted by Crippen LogP contribution is -2.39. The molecule has 5 heteroatoms. The molecule has 4 nitrogen and oxygen atoms in total. The Balaban J connectivity index is 1.97. The Morgan fingerprint density at radius 3 is 2.95 bits per heavy atom. The number of nitrogens with zero attached hydrogens (tertiary/aromatic N) is 1. The number of carbonyl (C=O) groups excluding carboxylic acids is 1. The molecule has 1 unspecified atom stereocenters. The van der Waals surface area contributed by atoms with Crippen molar-refractivity contribution in [2.75, 3.05) is 31.6 Å². The standard InChI is InChI=1S/C15H21ClN2O2/c1-2-8-18(10-12-7-9-20-11-12)15(19)17-14-6-4-3-5-13(14)16/h3-6,12H,2,7-11H2,1H3,(H,17,19). The minimum Gasteiger partial charge on any atom is -0.381 e. The van der Waals surface area contributed by atoms with Gasteiger partial charge in [0.2, 0.25) is 0 Å². The summed E-state index contributed by atoms with van der Waals surface area (Å²) in [4.78, 5) is 14.2. The van der Waals surface area contributed by atoms with E-state index in [1.807, 2.05) is 23.1 Å². The smallest absolute Gasteiger partial charge is 0.321 e. The summed E-state index contributed by atoms with van der Waals surface area (Å²) in [6, 6.07) is 7.19. The number of para-hydroxylation sites is 1. The molecule has 1 atom stereocenters. The van der Waals surface area contributed by atoms with Gasteiger partial charge in [0, 0.05) is 25.6 Å². The molecule has 20 heavy (non-hydrogen) atoms. The molecule has 2 amide bonds. The van der Waals surface area contributed by atoms with Crippen LogP contribution in [0.4, 0.5) is 10.5 Å². The van der Waals surface area contributed by atoms with Crippen LogP contribution in [0, 0.1) is 5.92 Å².